The lowest BCUT2D eigenvalue weighted by atomic mass is 10.1. The molecule has 2 heterocycles. The van der Waals surface area contributed by atoms with Crippen LogP contribution in [0.3, 0.4) is 0 Å². The van der Waals surface area contributed by atoms with Gasteiger partial charge < -0.3 is 5.32 Å². The van der Waals surface area contributed by atoms with E-state index in [4.69, 9.17) is 0 Å². The molecule has 1 unspecified atom stereocenters. The molecule has 0 bridgehead atoms. The Morgan fingerprint density at radius 3 is 2.95 bits per heavy atom. The van der Waals surface area contributed by atoms with E-state index in [1.165, 1.54) is 4.88 Å². The number of nitrogens with one attached hydrogen (secondary N) is 1. The monoisotopic (exact) mass is 275 g/mol. The Bertz CT molecular complexity index is 482. The molecule has 0 saturated carbocycles. The van der Waals surface area contributed by atoms with Crippen LogP contribution in [0.2, 0.25) is 0 Å². The van der Waals surface area contributed by atoms with E-state index in [2.05, 4.69) is 39.7 Å². The van der Waals surface area contributed by atoms with E-state index < -0.39 is 0 Å². The largest absolute Gasteiger partial charge is 0.309 e. The molecular weight excluding hydrogens is 254 g/mol. The van der Waals surface area contributed by atoms with Gasteiger partial charge in [0, 0.05) is 17.1 Å². The summed E-state index contributed by atoms with van der Waals surface area (Å²) < 4.78 is 0. The predicted molar refractivity (Wildman–Crippen MR) is 80.4 cm³/mol. The number of aryl methyl sites for hydroxylation is 2. The number of hydrogen-bond acceptors (Lipinski definition) is 4. The first kappa shape index (κ1) is 14.2. The zero-order valence-corrected chi connectivity index (χ0v) is 12.4. The molecule has 0 fully saturated rings. The Morgan fingerprint density at radius 2 is 2.26 bits per heavy atom. The van der Waals surface area contributed by atoms with Gasteiger partial charge in [-0.05, 0) is 50.2 Å². The van der Waals surface area contributed by atoms with E-state index in [1.807, 2.05) is 30.5 Å². The lowest BCUT2D eigenvalue weighted by molar-refractivity contribution is 0.488. The maximum absolute atomic E-state index is 4.56. The van der Waals surface area contributed by atoms with Gasteiger partial charge in [-0.2, -0.15) is 0 Å². The Hall–Kier alpha value is -1.26. The molecule has 0 spiro atoms. The molecular formula is C15H21N3S. The molecule has 0 radical (unpaired) electrons. The predicted octanol–water partition coefficient (Wildman–Crippen LogP) is 3.52. The van der Waals surface area contributed by atoms with E-state index in [1.54, 1.807) is 0 Å². The molecule has 2 rings (SSSR count). The normalized spacial score (nSPS) is 12.5. The van der Waals surface area contributed by atoms with E-state index in [0.29, 0.717) is 6.04 Å². The van der Waals surface area contributed by atoms with Crippen molar-refractivity contribution in [2.75, 3.05) is 6.54 Å². The molecule has 0 aromatic carbocycles. The third kappa shape index (κ3) is 4.40. The smallest absolute Gasteiger partial charge is 0.125 e. The number of thiophene rings is 1. The molecule has 1 atom stereocenters. The van der Waals surface area contributed by atoms with Crippen LogP contribution in [-0.4, -0.2) is 16.5 Å². The van der Waals surface area contributed by atoms with Crippen LogP contribution in [0.4, 0.5) is 0 Å². The second-order valence-corrected chi connectivity index (χ2v) is 5.69. The van der Waals surface area contributed by atoms with Crippen LogP contribution in [0.1, 0.15) is 42.2 Å². The highest BCUT2D eigenvalue weighted by Crippen LogP contribution is 2.19. The van der Waals surface area contributed by atoms with Crippen LogP contribution in [0, 0.1) is 6.92 Å². The summed E-state index contributed by atoms with van der Waals surface area (Å²) in [7, 11) is 0. The molecule has 2 aromatic rings. The summed E-state index contributed by atoms with van der Waals surface area (Å²) in [5.74, 6) is 0.844. The van der Waals surface area contributed by atoms with Crippen LogP contribution in [0.15, 0.2) is 29.8 Å². The van der Waals surface area contributed by atoms with Crippen molar-refractivity contribution in [2.45, 2.75) is 39.2 Å². The number of nitrogens with zero attached hydrogens (tertiary/aromatic N) is 2. The Balaban J connectivity index is 2.02. The zero-order valence-electron chi connectivity index (χ0n) is 11.6. The molecule has 0 amide bonds. The average molecular weight is 275 g/mol. The zero-order chi connectivity index (χ0) is 13.5. The summed E-state index contributed by atoms with van der Waals surface area (Å²) in [4.78, 5) is 10.2. The molecule has 19 heavy (non-hydrogen) atoms. The standard InChI is InChI=1S/C15H21N3S/c1-3-9-17-14(7-6-13-5-4-11-19-13)15-8-10-16-12(2)18-15/h4-5,8,10-11,14,17H,3,6-7,9H2,1-2H3. The summed E-state index contributed by atoms with van der Waals surface area (Å²) in [5, 5.41) is 5.73. The summed E-state index contributed by atoms with van der Waals surface area (Å²) in [6.45, 7) is 5.16. The molecule has 0 saturated heterocycles. The van der Waals surface area contributed by atoms with Crippen molar-refractivity contribution in [3.8, 4) is 0 Å². The van der Waals surface area contributed by atoms with E-state index in [-0.39, 0.29) is 0 Å². The van der Waals surface area contributed by atoms with Gasteiger partial charge in [0.1, 0.15) is 5.82 Å². The second-order valence-electron chi connectivity index (χ2n) is 4.65. The van der Waals surface area contributed by atoms with Gasteiger partial charge in [0.05, 0.1) is 5.69 Å². The fraction of sp³-hybridized carbons (Fsp3) is 0.467. The molecule has 3 nitrogen and oxygen atoms in total. The maximum Gasteiger partial charge on any atom is 0.125 e. The third-order valence-corrected chi connectivity index (χ3v) is 3.99. The minimum absolute atomic E-state index is 0.323. The molecule has 0 aliphatic carbocycles. The number of hydrogen-bond donors (Lipinski definition) is 1. The highest BCUT2D eigenvalue weighted by Gasteiger charge is 2.12. The van der Waals surface area contributed by atoms with Gasteiger partial charge in [-0.25, -0.2) is 9.97 Å². The quantitative estimate of drug-likeness (QED) is 0.840. The van der Waals surface area contributed by atoms with Gasteiger partial charge >= 0.3 is 0 Å². The maximum atomic E-state index is 4.56. The average Bonchev–Trinajstić information content (AvgIpc) is 2.92. The topological polar surface area (TPSA) is 37.8 Å². The molecule has 2 aromatic heterocycles. The van der Waals surface area contributed by atoms with Gasteiger partial charge in [0.15, 0.2) is 0 Å². The molecule has 1 N–H and O–H groups in total. The minimum Gasteiger partial charge on any atom is -0.309 e. The summed E-state index contributed by atoms with van der Waals surface area (Å²) >= 11 is 1.83. The van der Waals surface area contributed by atoms with E-state index >= 15 is 0 Å². The minimum atomic E-state index is 0.323. The summed E-state index contributed by atoms with van der Waals surface area (Å²) in [6, 6.07) is 6.66. The first-order valence-corrected chi connectivity index (χ1v) is 7.73. The second kappa shape index (κ2) is 7.36. The van der Waals surface area contributed by atoms with E-state index in [9.17, 15) is 0 Å². The van der Waals surface area contributed by atoms with Gasteiger partial charge in [0.2, 0.25) is 0 Å². The van der Waals surface area contributed by atoms with Crippen LogP contribution >= 0.6 is 11.3 Å². The van der Waals surface area contributed by atoms with Crippen LogP contribution in [0.5, 0.6) is 0 Å². The lowest BCUT2D eigenvalue weighted by Crippen LogP contribution is -2.24. The van der Waals surface area contributed by atoms with Crippen molar-refractivity contribution in [3.63, 3.8) is 0 Å². The van der Waals surface area contributed by atoms with Crippen LogP contribution < -0.4 is 5.32 Å². The Kier molecular flexibility index (Phi) is 5.48. The van der Waals surface area contributed by atoms with E-state index in [0.717, 1.165) is 37.3 Å². The first-order valence-electron chi connectivity index (χ1n) is 6.85. The number of rotatable bonds is 7. The van der Waals surface area contributed by atoms with Crippen molar-refractivity contribution in [1.29, 1.82) is 0 Å². The van der Waals surface area contributed by atoms with Crippen molar-refractivity contribution < 1.29 is 0 Å². The SMILES string of the molecule is CCCNC(CCc1cccs1)c1ccnc(C)n1. The number of aromatic nitrogens is 2. The highest BCUT2D eigenvalue weighted by molar-refractivity contribution is 7.09. The Morgan fingerprint density at radius 1 is 1.37 bits per heavy atom. The van der Waals surface area contributed by atoms with Crippen molar-refractivity contribution in [2.24, 2.45) is 0 Å². The summed E-state index contributed by atoms with van der Waals surface area (Å²) in [5.41, 5.74) is 1.11. The molecule has 102 valence electrons. The van der Waals surface area contributed by atoms with Gasteiger partial charge in [-0.3, -0.25) is 0 Å². The van der Waals surface area contributed by atoms with Crippen molar-refractivity contribution in [3.05, 3.63) is 46.2 Å². The molecule has 0 aliphatic heterocycles. The third-order valence-electron chi connectivity index (χ3n) is 3.05. The molecule has 0 aliphatic rings. The van der Waals surface area contributed by atoms with Gasteiger partial charge in [-0.1, -0.05) is 13.0 Å². The highest BCUT2D eigenvalue weighted by atomic mass is 32.1. The summed E-state index contributed by atoms with van der Waals surface area (Å²) in [6.07, 6.45) is 5.17. The van der Waals surface area contributed by atoms with Crippen LogP contribution in [0.25, 0.3) is 0 Å². The fourth-order valence-electron chi connectivity index (χ4n) is 2.08. The van der Waals surface area contributed by atoms with Crippen molar-refractivity contribution in [1.82, 2.24) is 15.3 Å². The van der Waals surface area contributed by atoms with Crippen molar-refractivity contribution >= 4 is 11.3 Å². The first-order chi connectivity index (χ1) is 9.29. The Labute approximate surface area is 119 Å². The van der Waals surface area contributed by atoms with Crippen LogP contribution in [-0.2, 0) is 6.42 Å². The lowest BCUT2D eigenvalue weighted by Gasteiger charge is -2.17. The van der Waals surface area contributed by atoms with Gasteiger partial charge in [-0.15, -0.1) is 11.3 Å². The van der Waals surface area contributed by atoms with Gasteiger partial charge in [0.25, 0.3) is 0 Å². The fourth-order valence-corrected chi connectivity index (χ4v) is 2.81. The molecule has 4 heteroatoms.